The van der Waals surface area contributed by atoms with Crippen molar-refractivity contribution in [3.8, 4) is 0 Å². The van der Waals surface area contributed by atoms with E-state index in [0.29, 0.717) is 18.3 Å². The molecule has 2 spiro atoms. The van der Waals surface area contributed by atoms with Gasteiger partial charge in [0.05, 0.1) is 0 Å². The lowest BCUT2D eigenvalue weighted by Gasteiger charge is -2.65. The summed E-state index contributed by atoms with van der Waals surface area (Å²) in [4.78, 5) is 40.5. The number of fused-ring (bicyclic) bond motifs is 1. The Morgan fingerprint density at radius 3 is 2.56 bits per heavy atom. The third-order valence-corrected chi connectivity index (χ3v) is 10.9. The van der Waals surface area contributed by atoms with Crippen LogP contribution in [0.5, 0.6) is 0 Å². The second kappa shape index (κ2) is 6.25. The van der Waals surface area contributed by atoms with E-state index >= 15 is 0 Å². The summed E-state index contributed by atoms with van der Waals surface area (Å²) < 4.78 is 12.2. The lowest BCUT2D eigenvalue weighted by molar-refractivity contribution is -0.224. The van der Waals surface area contributed by atoms with Gasteiger partial charge in [-0.25, -0.2) is 0 Å². The average Bonchev–Trinajstić information content (AvgIpc) is 3.24. The zero-order chi connectivity index (χ0) is 22.8. The molecule has 6 rings (SSSR count). The van der Waals surface area contributed by atoms with Gasteiger partial charge in [0.1, 0.15) is 18.0 Å². The molecule has 0 aromatic rings. The van der Waals surface area contributed by atoms with E-state index in [1.165, 1.54) is 13.8 Å². The second-order valence-electron chi connectivity index (χ2n) is 11.8. The first-order valence-electron chi connectivity index (χ1n) is 12.4. The van der Waals surface area contributed by atoms with Crippen LogP contribution in [0.25, 0.3) is 0 Å². The minimum Gasteiger partial charge on any atom is -0.462 e. The number of ketones is 1. The Morgan fingerprint density at radius 1 is 1.19 bits per heavy atom. The third kappa shape index (κ3) is 2.10. The Morgan fingerprint density at radius 2 is 1.91 bits per heavy atom. The number of rotatable bonds is 3. The van der Waals surface area contributed by atoms with Gasteiger partial charge in [-0.2, -0.15) is 0 Å². The minimum atomic E-state index is -0.405. The van der Waals surface area contributed by atoms with Crippen LogP contribution in [0.15, 0.2) is 12.2 Å². The maximum Gasteiger partial charge on any atom is 0.303 e. The molecule has 7 bridgehead atoms. The van der Waals surface area contributed by atoms with E-state index in [0.717, 1.165) is 44.3 Å². The fourth-order valence-electron chi connectivity index (χ4n) is 10.4. The first kappa shape index (κ1) is 20.9. The van der Waals surface area contributed by atoms with Gasteiger partial charge >= 0.3 is 11.9 Å². The number of carbonyl (C=O) groups is 3. The number of likely N-dealkylation sites (tertiary alicyclic amines) is 1. The number of esters is 2. The molecule has 5 saturated carbocycles. The topological polar surface area (TPSA) is 72.9 Å². The van der Waals surface area contributed by atoms with Crippen LogP contribution < -0.4 is 0 Å². The highest BCUT2D eigenvalue weighted by molar-refractivity contribution is 5.87. The largest absolute Gasteiger partial charge is 0.462 e. The molecule has 0 aromatic carbocycles. The molecule has 0 amide bonds. The molecule has 6 aliphatic rings. The van der Waals surface area contributed by atoms with E-state index in [9.17, 15) is 14.4 Å². The predicted molar refractivity (Wildman–Crippen MR) is 116 cm³/mol. The molecule has 0 N–H and O–H groups in total. The fourth-order valence-corrected chi connectivity index (χ4v) is 10.4. The maximum atomic E-state index is 13.4. The summed E-state index contributed by atoms with van der Waals surface area (Å²) in [6.45, 7) is 13.9. The Kier molecular flexibility index (Phi) is 4.08. The van der Waals surface area contributed by atoms with Gasteiger partial charge in [-0.15, -0.1) is 0 Å². The van der Waals surface area contributed by atoms with E-state index in [-0.39, 0.29) is 57.9 Å². The number of piperidine rings is 1. The summed E-state index contributed by atoms with van der Waals surface area (Å²) >= 11 is 0. The van der Waals surface area contributed by atoms with Gasteiger partial charge in [0.2, 0.25) is 0 Å². The zero-order valence-corrected chi connectivity index (χ0v) is 19.7. The predicted octanol–water partition coefficient (Wildman–Crippen LogP) is 3.14. The highest BCUT2D eigenvalue weighted by Crippen LogP contribution is 2.83. The molecule has 6 nitrogen and oxygen atoms in total. The van der Waals surface area contributed by atoms with Crippen molar-refractivity contribution in [2.24, 2.45) is 39.9 Å². The van der Waals surface area contributed by atoms with Crippen molar-refractivity contribution < 1.29 is 23.9 Å². The average molecular weight is 442 g/mol. The highest BCUT2D eigenvalue weighted by Gasteiger charge is 2.86. The molecular weight excluding hydrogens is 406 g/mol. The summed E-state index contributed by atoms with van der Waals surface area (Å²) in [5, 5.41) is 0. The maximum absolute atomic E-state index is 13.4. The molecule has 6 heteroatoms. The van der Waals surface area contributed by atoms with Crippen LogP contribution in [0.1, 0.15) is 59.8 Å². The normalized spacial score (nSPS) is 52.7. The SMILES string of the molecule is C=C1C2CC3(C1OC(C)=O)C1CC4C5(C)CCC(OC(C)=O)C4(C1N(CC)C5)C3CC2=O. The van der Waals surface area contributed by atoms with Gasteiger partial charge < -0.3 is 9.47 Å². The van der Waals surface area contributed by atoms with Crippen LogP contribution >= 0.6 is 0 Å². The summed E-state index contributed by atoms with van der Waals surface area (Å²) in [6.07, 6.45) is 3.62. The molecule has 5 aliphatic carbocycles. The molecule has 6 fully saturated rings. The second-order valence-corrected chi connectivity index (χ2v) is 11.8. The smallest absolute Gasteiger partial charge is 0.303 e. The fraction of sp³-hybridized carbons (Fsp3) is 0.808. The van der Waals surface area contributed by atoms with Crippen molar-refractivity contribution in [1.29, 1.82) is 0 Å². The molecule has 174 valence electrons. The van der Waals surface area contributed by atoms with Gasteiger partial charge in [-0.1, -0.05) is 20.4 Å². The first-order chi connectivity index (χ1) is 15.1. The molecule has 32 heavy (non-hydrogen) atoms. The van der Waals surface area contributed by atoms with Crippen LogP contribution in [0.4, 0.5) is 0 Å². The van der Waals surface area contributed by atoms with Gasteiger partial charge in [0.25, 0.3) is 0 Å². The van der Waals surface area contributed by atoms with E-state index in [4.69, 9.17) is 9.47 Å². The molecule has 10 unspecified atom stereocenters. The Bertz CT molecular complexity index is 945. The van der Waals surface area contributed by atoms with Crippen molar-refractivity contribution in [2.75, 3.05) is 13.1 Å². The molecule has 1 saturated heterocycles. The summed E-state index contributed by atoms with van der Waals surface area (Å²) in [5.74, 6) is 0.322. The zero-order valence-electron chi connectivity index (χ0n) is 19.7. The number of hydrogen-bond donors (Lipinski definition) is 0. The summed E-state index contributed by atoms with van der Waals surface area (Å²) in [5.41, 5.74) is 0.446. The highest BCUT2D eigenvalue weighted by atomic mass is 16.5. The van der Waals surface area contributed by atoms with Crippen molar-refractivity contribution in [3.05, 3.63) is 12.2 Å². The van der Waals surface area contributed by atoms with Gasteiger partial charge in [-0.05, 0) is 61.0 Å². The lowest BCUT2D eigenvalue weighted by atomic mass is 9.43. The summed E-state index contributed by atoms with van der Waals surface area (Å²) in [6, 6.07) is 0.260. The van der Waals surface area contributed by atoms with Gasteiger partial charge in [0.15, 0.2) is 0 Å². The van der Waals surface area contributed by atoms with E-state index in [1.807, 2.05) is 0 Å². The Labute approximate surface area is 190 Å². The quantitative estimate of drug-likeness (QED) is 0.495. The number of Topliss-reactive ketones (excluding diaryl/α,β-unsaturated/α-hetero) is 1. The molecular formula is C26H35NO5. The molecule has 10 atom stereocenters. The van der Waals surface area contributed by atoms with Crippen molar-refractivity contribution in [3.63, 3.8) is 0 Å². The molecule has 0 aromatic heterocycles. The third-order valence-electron chi connectivity index (χ3n) is 10.9. The Balaban J connectivity index is 1.59. The number of carbonyl (C=O) groups excluding carboxylic acids is 3. The number of nitrogens with zero attached hydrogens (tertiary/aromatic N) is 1. The first-order valence-corrected chi connectivity index (χ1v) is 12.4. The van der Waals surface area contributed by atoms with Crippen LogP contribution in [-0.4, -0.2) is 54.0 Å². The standard InChI is InChI=1S/C26H35NO5/c1-6-27-12-24(5)8-7-21(31-14(3)28)26-19(24)9-17(22(26)27)25-11-16(18(30)10-20(25)26)13(2)23(25)32-15(4)29/h16-17,19-23H,2,6-12H2,1,3-5H3. The molecule has 1 heterocycles. The number of hydrogen-bond acceptors (Lipinski definition) is 6. The van der Waals surface area contributed by atoms with Gasteiger partial charge in [-0.3, -0.25) is 19.3 Å². The van der Waals surface area contributed by atoms with Crippen LogP contribution in [0.2, 0.25) is 0 Å². The monoisotopic (exact) mass is 441 g/mol. The number of ether oxygens (including phenoxy) is 2. The van der Waals surface area contributed by atoms with Crippen molar-refractivity contribution in [2.45, 2.75) is 78.0 Å². The lowest BCUT2D eigenvalue weighted by Crippen LogP contribution is -2.69. The summed E-state index contributed by atoms with van der Waals surface area (Å²) in [7, 11) is 0. The molecule has 0 radical (unpaired) electrons. The van der Waals surface area contributed by atoms with E-state index < -0.39 is 6.10 Å². The molecule has 1 aliphatic heterocycles. The Hall–Kier alpha value is -1.69. The van der Waals surface area contributed by atoms with Crippen molar-refractivity contribution >= 4 is 17.7 Å². The van der Waals surface area contributed by atoms with Crippen LogP contribution in [0.3, 0.4) is 0 Å². The van der Waals surface area contributed by atoms with Crippen LogP contribution in [0, 0.1) is 39.9 Å². The minimum absolute atomic E-state index is 0.0643. The van der Waals surface area contributed by atoms with Crippen molar-refractivity contribution in [1.82, 2.24) is 4.90 Å². The van der Waals surface area contributed by atoms with E-state index in [2.05, 4.69) is 25.3 Å². The van der Waals surface area contributed by atoms with Crippen LogP contribution in [-0.2, 0) is 23.9 Å². The van der Waals surface area contributed by atoms with E-state index in [1.54, 1.807) is 0 Å². The van der Waals surface area contributed by atoms with Gasteiger partial charge in [0, 0.05) is 49.6 Å².